The lowest BCUT2D eigenvalue weighted by atomic mass is 9.97. The first-order valence-electron chi connectivity index (χ1n) is 6.47. The number of nitrogens with one attached hydrogen (secondary N) is 1. The summed E-state index contributed by atoms with van der Waals surface area (Å²) in [5.41, 5.74) is 0. The summed E-state index contributed by atoms with van der Waals surface area (Å²) in [4.78, 5) is 22.9. The Kier molecular flexibility index (Phi) is 7.59. The first-order valence-corrected chi connectivity index (χ1v) is 6.47. The van der Waals surface area contributed by atoms with Gasteiger partial charge in [0.05, 0.1) is 0 Å². The van der Waals surface area contributed by atoms with E-state index < -0.39 is 12.0 Å². The fourth-order valence-corrected chi connectivity index (χ4v) is 1.62. The van der Waals surface area contributed by atoms with Crippen LogP contribution in [-0.4, -0.2) is 23.0 Å². The van der Waals surface area contributed by atoms with E-state index in [1.807, 2.05) is 20.8 Å². The normalized spacial score (nSPS) is 16.0. The fraction of sp³-hybridized carbons (Fsp3) is 0.846. The molecule has 1 amide bonds. The lowest BCUT2D eigenvalue weighted by Crippen LogP contribution is -2.46. The van der Waals surface area contributed by atoms with Gasteiger partial charge < -0.3 is 10.4 Å². The van der Waals surface area contributed by atoms with Crippen molar-refractivity contribution in [2.24, 2.45) is 11.8 Å². The molecule has 0 fully saturated rings. The van der Waals surface area contributed by atoms with Crippen molar-refractivity contribution in [2.45, 2.75) is 59.4 Å². The Bertz CT molecular complexity index is 253. The summed E-state index contributed by atoms with van der Waals surface area (Å²) in [5.74, 6) is -1.25. The molecular formula is C13H25NO3. The van der Waals surface area contributed by atoms with Crippen molar-refractivity contribution in [2.75, 3.05) is 0 Å². The highest BCUT2D eigenvalue weighted by Crippen LogP contribution is 2.12. The van der Waals surface area contributed by atoms with Crippen LogP contribution in [0, 0.1) is 11.8 Å². The van der Waals surface area contributed by atoms with Gasteiger partial charge in [-0.25, -0.2) is 4.79 Å². The van der Waals surface area contributed by atoms with Crippen LogP contribution in [0.2, 0.25) is 0 Å². The highest BCUT2D eigenvalue weighted by atomic mass is 16.4. The van der Waals surface area contributed by atoms with E-state index in [9.17, 15) is 9.59 Å². The maximum Gasteiger partial charge on any atom is 0.326 e. The summed E-state index contributed by atoms with van der Waals surface area (Å²) >= 11 is 0. The zero-order chi connectivity index (χ0) is 13.4. The van der Waals surface area contributed by atoms with Crippen molar-refractivity contribution in [3.63, 3.8) is 0 Å². The molecule has 3 unspecified atom stereocenters. The maximum atomic E-state index is 11.8. The van der Waals surface area contributed by atoms with Crippen LogP contribution in [0.3, 0.4) is 0 Å². The minimum atomic E-state index is -0.949. The first kappa shape index (κ1) is 15.9. The zero-order valence-electron chi connectivity index (χ0n) is 11.3. The van der Waals surface area contributed by atoms with Gasteiger partial charge in [0.25, 0.3) is 0 Å². The number of hydrogen-bond donors (Lipinski definition) is 2. The number of unbranched alkanes of at least 4 members (excludes halogenated alkanes) is 1. The fourth-order valence-electron chi connectivity index (χ4n) is 1.62. The molecule has 0 aromatic heterocycles. The molecule has 0 saturated carbocycles. The highest BCUT2D eigenvalue weighted by Gasteiger charge is 2.26. The van der Waals surface area contributed by atoms with Gasteiger partial charge in [-0.15, -0.1) is 0 Å². The summed E-state index contributed by atoms with van der Waals surface area (Å²) < 4.78 is 0. The average Bonchev–Trinajstić information content (AvgIpc) is 2.31. The van der Waals surface area contributed by atoms with Crippen molar-refractivity contribution in [3.8, 4) is 0 Å². The minimum absolute atomic E-state index is 0.0465. The van der Waals surface area contributed by atoms with Crippen LogP contribution >= 0.6 is 0 Å². The molecule has 0 aliphatic rings. The molecule has 100 valence electrons. The number of carbonyl (C=O) groups excluding carboxylic acids is 1. The van der Waals surface area contributed by atoms with Crippen LogP contribution in [-0.2, 0) is 9.59 Å². The Balaban J connectivity index is 4.35. The van der Waals surface area contributed by atoms with E-state index in [-0.39, 0.29) is 17.7 Å². The molecule has 4 nitrogen and oxygen atoms in total. The molecule has 0 heterocycles. The second-order valence-electron chi connectivity index (χ2n) is 4.75. The molecule has 0 spiro atoms. The summed E-state index contributed by atoms with van der Waals surface area (Å²) in [6.07, 6.45) is 3.59. The third kappa shape index (κ3) is 5.71. The molecule has 0 saturated heterocycles. The van der Waals surface area contributed by atoms with E-state index in [2.05, 4.69) is 12.2 Å². The molecule has 0 aliphatic heterocycles. The highest BCUT2D eigenvalue weighted by molar-refractivity contribution is 5.84. The second kappa shape index (κ2) is 8.09. The van der Waals surface area contributed by atoms with E-state index in [4.69, 9.17) is 5.11 Å². The molecule has 17 heavy (non-hydrogen) atoms. The molecule has 4 heteroatoms. The van der Waals surface area contributed by atoms with Crippen LogP contribution in [0.25, 0.3) is 0 Å². The number of amides is 1. The largest absolute Gasteiger partial charge is 0.480 e. The zero-order valence-corrected chi connectivity index (χ0v) is 11.3. The molecule has 0 radical (unpaired) electrons. The van der Waals surface area contributed by atoms with E-state index >= 15 is 0 Å². The lowest BCUT2D eigenvalue weighted by molar-refractivity contribution is -0.144. The van der Waals surface area contributed by atoms with Gasteiger partial charge in [-0.3, -0.25) is 4.79 Å². The predicted octanol–water partition coefficient (Wildman–Crippen LogP) is 2.43. The van der Waals surface area contributed by atoms with Crippen LogP contribution in [0.5, 0.6) is 0 Å². The molecule has 0 aromatic rings. The number of rotatable bonds is 8. The van der Waals surface area contributed by atoms with Gasteiger partial charge in [0.15, 0.2) is 0 Å². The Hall–Kier alpha value is -1.06. The first-order chi connectivity index (χ1) is 7.93. The SMILES string of the molecule is CCCCC(C)C(=O)NC(C(=O)O)C(C)CC. The van der Waals surface area contributed by atoms with Gasteiger partial charge in [0.1, 0.15) is 6.04 Å². The van der Waals surface area contributed by atoms with Crippen LogP contribution < -0.4 is 5.32 Å². The summed E-state index contributed by atoms with van der Waals surface area (Å²) in [6.45, 7) is 7.69. The smallest absolute Gasteiger partial charge is 0.326 e. The monoisotopic (exact) mass is 243 g/mol. The van der Waals surface area contributed by atoms with Crippen LogP contribution in [0.4, 0.5) is 0 Å². The van der Waals surface area contributed by atoms with Gasteiger partial charge in [-0.1, -0.05) is 47.0 Å². The standard InChI is InChI=1S/C13H25NO3/c1-5-7-8-10(4)12(15)14-11(13(16)17)9(3)6-2/h9-11H,5-8H2,1-4H3,(H,14,15)(H,16,17). The molecule has 2 N–H and O–H groups in total. The topological polar surface area (TPSA) is 66.4 Å². The van der Waals surface area contributed by atoms with Crippen LogP contribution in [0.1, 0.15) is 53.4 Å². The van der Waals surface area contributed by atoms with E-state index in [0.717, 1.165) is 25.7 Å². The lowest BCUT2D eigenvalue weighted by Gasteiger charge is -2.22. The van der Waals surface area contributed by atoms with Crippen molar-refractivity contribution in [1.29, 1.82) is 0 Å². The van der Waals surface area contributed by atoms with Gasteiger partial charge in [0, 0.05) is 5.92 Å². The van der Waals surface area contributed by atoms with E-state index in [0.29, 0.717) is 0 Å². The number of carbonyl (C=O) groups is 2. The van der Waals surface area contributed by atoms with Crippen molar-refractivity contribution in [1.82, 2.24) is 5.32 Å². The van der Waals surface area contributed by atoms with Gasteiger partial charge in [-0.2, -0.15) is 0 Å². The Morgan fingerprint density at radius 3 is 2.24 bits per heavy atom. The summed E-state index contributed by atoms with van der Waals surface area (Å²) in [6, 6.07) is -0.767. The van der Waals surface area contributed by atoms with Crippen molar-refractivity contribution >= 4 is 11.9 Å². The Labute approximate surface area is 104 Å². The second-order valence-corrected chi connectivity index (χ2v) is 4.75. The molecule has 0 bridgehead atoms. The molecule has 3 atom stereocenters. The number of carboxylic acids is 1. The summed E-state index contributed by atoms with van der Waals surface area (Å²) in [7, 11) is 0. The van der Waals surface area contributed by atoms with Gasteiger partial charge >= 0.3 is 5.97 Å². The predicted molar refractivity (Wildman–Crippen MR) is 67.7 cm³/mol. The van der Waals surface area contributed by atoms with Crippen molar-refractivity contribution in [3.05, 3.63) is 0 Å². The molecule has 0 rings (SSSR count). The third-order valence-corrected chi connectivity index (χ3v) is 3.22. The quantitative estimate of drug-likeness (QED) is 0.688. The van der Waals surface area contributed by atoms with Gasteiger partial charge in [0.2, 0.25) is 5.91 Å². The van der Waals surface area contributed by atoms with Gasteiger partial charge in [-0.05, 0) is 12.3 Å². The number of aliphatic carboxylic acids is 1. The van der Waals surface area contributed by atoms with E-state index in [1.54, 1.807) is 0 Å². The Morgan fingerprint density at radius 2 is 1.82 bits per heavy atom. The Morgan fingerprint density at radius 1 is 1.24 bits per heavy atom. The molecule has 0 aliphatic carbocycles. The molecular weight excluding hydrogens is 218 g/mol. The number of hydrogen-bond acceptors (Lipinski definition) is 2. The third-order valence-electron chi connectivity index (χ3n) is 3.22. The number of carboxylic acid groups (broad SMARTS) is 1. The summed E-state index contributed by atoms with van der Waals surface area (Å²) in [5, 5.41) is 11.7. The average molecular weight is 243 g/mol. The minimum Gasteiger partial charge on any atom is -0.480 e. The van der Waals surface area contributed by atoms with Crippen molar-refractivity contribution < 1.29 is 14.7 Å². The molecule has 0 aromatic carbocycles. The van der Waals surface area contributed by atoms with Crippen LogP contribution in [0.15, 0.2) is 0 Å². The maximum absolute atomic E-state index is 11.8. The van der Waals surface area contributed by atoms with E-state index in [1.165, 1.54) is 0 Å².